The van der Waals surface area contributed by atoms with Gasteiger partial charge in [-0.05, 0) is 34.9 Å². The molecular weight excluding hydrogens is 536 g/mol. The summed E-state index contributed by atoms with van der Waals surface area (Å²) >= 11 is 0. The molecule has 8 heteroatoms. The molecule has 0 unspecified atom stereocenters. The van der Waals surface area contributed by atoms with Gasteiger partial charge in [0.1, 0.15) is 30.2 Å². The van der Waals surface area contributed by atoms with E-state index >= 15 is 0 Å². The minimum Gasteiger partial charge on any atom is -0.497 e. The maximum absolute atomic E-state index is 11.5. The summed E-state index contributed by atoms with van der Waals surface area (Å²) in [4.78, 5) is 0. The largest absolute Gasteiger partial charge is 0.497 e. The Morgan fingerprint density at radius 3 is 1.83 bits per heavy atom. The Labute approximate surface area is 245 Å². The van der Waals surface area contributed by atoms with E-state index in [0.29, 0.717) is 26.4 Å². The number of benzene rings is 3. The lowest BCUT2D eigenvalue weighted by molar-refractivity contribution is -0.320. The molecule has 3 aromatic rings. The highest BCUT2D eigenvalue weighted by molar-refractivity contribution is 6.76. The zero-order chi connectivity index (χ0) is 29.1. The molecule has 0 aromatic heterocycles. The van der Waals surface area contributed by atoms with Crippen LogP contribution in [0.1, 0.15) is 16.7 Å². The number of aliphatic hydroxyl groups is 1. The van der Waals surface area contributed by atoms with E-state index in [1.54, 1.807) is 7.11 Å². The topological polar surface area (TPSA) is 75.6 Å². The molecule has 222 valence electrons. The third-order valence-electron chi connectivity index (χ3n) is 7.03. The van der Waals surface area contributed by atoms with Gasteiger partial charge in [-0.3, -0.25) is 0 Å². The van der Waals surface area contributed by atoms with Crippen molar-refractivity contribution in [1.82, 2.24) is 0 Å². The molecule has 5 atom stereocenters. The Balaban J connectivity index is 1.49. The molecule has 4 rings (SSSR count). The average Bonchev–Trinajstić information content (AvgIpc) is 2.98. The molecule has 0 amide bonds. The van der Waals surface area contributed by atoms with Crippen LogP contribution in [0.4, 0.5) is 0 Å². The maximum atomic E-state index is 11.5. The predicted molar refractivity (Wildman–Crippen MR) is 161 cm³/mol. The summed E-state index contributed by atoms with van der Waals surface area (Å²) in [5.41, 5.74) is 3.03. The zero-order valence-electron chi connectivity index (χ0n) is 24.6. The summed E-state index contributed by atoms with van der Waals surface area (Å²) in [7, 11) is 0.299. The lowest BCUT2D eigenvalue weighted by Crippen LogP contribution is -2.61. The predicted octanol–water partition coefficient (Wildman–Crippen LogP) is 5.82. The Hall–Kier alpha value is -2.56. The van der Waals surface area contributed by atoms with E-state index in [4.69, 9.17) is 28.4 Å². The van der Waals surface area contributed by atoms with Crippen molar-refractivity contribution in [3.05, 3.63) is 102 Å². The molecule has 0 bridgehead atoms. The van der Waals surface area contributed by atoms with Crippen LogP contribution in [0.2, 0.25) is 25.7 Å². The molecule has 0 saturated carbocycles. The molecule has 0 aliphatic carbocycles. The van der Waals surface area contributed by atoms with E-state index in [-0.39, 0.29) is 6.61 Å². The van der Waals surface area contributed by atoms with Gasteiger partial charge >= 0.3 is 0 Å². The Bertz CT molecular complexity index is 1140. The van der Waals surface area contributed by atoms with Gasteiger partial charge in [-0.2, -0.15) is 0 Å². The Morgan fingerprint density at radius 2 is 1.27 bits per heavy atom. The standard InChI is InChI=1S/C33H44O7Si/c1-35-28-17-15-27(16-18-28)21-36-24-29-30(34)31(38-22-25-11-7-5-8-12-25)32(39-23-26-13-9-6-10-14-26)33(40-29)37-19-20-41(2,3)4/h5-18,29-34H,19-24H2,1-4H3/t29-,30-,31+,32-,33-/m1/s1. The van der Waals surface area contributed by atoms with Crippen molar-refractivity contribution in [3.63, 3.8) is 0 Å². The van der Waals surface area contributed by atoms with Crippen molar-refractivity contribution in [2.24, 2.45) is 0 Å². The third-order valence-corrected chi connectivity index (χ3v) is 8.74. The van der Waals surface area contributed by atoms with E-state index in [1.165, 1.54) is 0 Å². The lowest BCUT2D eigenvalue weighted by Gasteiger charge is -2.44. The van der Waals surface area contributed by atoms with Gasteiger partial charge < -0.3 is 33.5 Å². The van der Waals surface area contributed by atoms with E-state index < -0.39 is 38.8 Å². The number of hydrogen-bond acceptors (Lipinski definition) is 7. The van der Waals surface area contributed by atoms with Gasteiger partial charge in [0, 0.05) is 14.7 Å². The number of aliphatic hydroxyl groups excluding tert-OH is 1. The van der Waals surface area contributed by atoms with Crippen LogP contribution in [0.15, 0.2) is 84.9 Å². The molecule has 1 saturated heterocycles. The summed E-state index contributed by atoms with van der Waals surface area (Å²) < 4.78 is 36.7. The number of ether oxygens (including phenoxy) is 6. The lowest BCUT2D eigenvalue weighted by atomic mass is 9.98. The molecule has 1 aliphatic rings. The second-order valence-electron chi connectivity index (χ2n) is 11.6. The van der Waals surface area contributed by atoms with E-state index in [0.717, 1.165) is 28.5 Å². The molecule has 1 heterocycles. The minimum atomic E-state index is -1.34. The monoisotopic (exact) mass is 580 g/mol. The van der Waals surface area contributed by atoms with Crippen molar-refractivity contribution in [3.8, 4) is 5.75 Å². The summed E-state index contributed by atoms with van der Waals surface area (Å²) in [5.74, 6) is 0.790. The molecule has 0 radical (unpaired) electrons. The van der Waals surface area contributed by atoms with Gasteiger partial charge in [-0.25, -0.2) is 0 Å². The molecule has 1 fully saturated rings. The first kappa shape index (κ1) is 31.4. The fraction of sp³-hybridized carbons (Fsp3) is 0.455. The van der Waals surface area contributed by atoms with E-state index in [1.807, 2.05) is 84.9 Å². The van der Waals surface area contributed by atoms with Gasteiger partial charge in [-0.1, -0.05) is 92.4 Å². The number of hydrogen-bond donors (Lipinski definition) is 1. The van der Waals surface area contributed by atoms with Gasteiger partial charge in [0.2, 0.25) is 0 Å². The van der Waals surface area contributed by atoms with Crippen LogP contribution in [-0.4, -0.2) is 64.2 Å². The van der Waals surface area contributed by atoms with Crippen molar-refractivity contribution in [2.45, 2.75) is 76.2 Å². The van der Waals surface area contributed by atoms with Crippen LogP contribution >= 0.6 is 0 Å². The van der Waals surface area contributed by atoms with Crippen LogP contribution < -0.4 is 4.74 Å². The van der Waals surface area contributed by atoms with Gasteiger partial charge in [0.05, 0.1) is 33.5 Å². The first-order valence-electron chi connectivity index (χ1n) is 14.3. The van der Waals surface area contributed by atoms with Crippen LogP contribution in [0.3, 0.4) is 0 Å². The van der Waals surface area contributed by atoms with Crippen molar-refractivity contribution in [1.29, 1.82) is 0 Å². The van der Waals surface area contributed by atoms with Crippen LogP contribution in [0.5, 0.6) is 5.75 Å². The van der Waals surface area contributed by atoms with Crippen molar-refractivity contribution < 1.29 is 33.5 Å². The van der Waals surface area contributed by atoms with Crippen LogP contribution in [0.25, 0.3) is 0 Å². The normalized spacial score (nSPS) is 22.9. The minimum absolute atomic E-state index is 0.178. The molecule has 1 aliphatic heterocycles. The summed E-state index contributed by atoms with van der Waals surface area (Å²) in [6, 6.07) is 28.6. The highest BCUT2D eigenvalue weighted by Gasteiger charge is 2.47. The summed E-state index contributed by atoms with van der Waals surface area (Å²) in [6.07, 6.45) is -3.66. The molecule has 1 N–H and O–H groups in total. The van der Waals surface area contributed by atoms with Gasteiger partial charge in [0.25, 0.3) is 0 Å². The average molecular weight is 581 g/mol. The quantitative estimate of drug-likeness (QED) is 0.227. The SMILES string of the molecule is COc1ccc(COC[C@H]2O[C@@H](OCC[Si](C)(C)C)[C@H](OCc3ccccc3)[C@@H](OCc3ccccc3)[C@@H]2O)cc1. The first-order valence-corrected chi connectivity index (χ1v) is 18.0. The molecule has 41 heavy (non-hydrogen) atoms. The third kappa shape index (κ3) is 10.0. The Morgan fingerprint density at radius 1 is 0.707 bits per heavy atom. The molecular formula is C33H44O7Si. The number of rotatable bonds is 15. The molecule has 3 aromatic carbocycles. The fourth-order valence-electron chi connectivity index (χ4n) is 4.56. The van der Waals surface area contributed by atoms with Gasteiger partial charge in [-0.15, -0.1) is 0 Å². The highest BCUT2D eigenvalue weighted by Crippen LogP contribution is 2.29. The van der Waals surface area contributed by atoms with Gasteiger partial charge in [0.15, 0.2) is 6.29 Å². The molecule has 7 nitrogen and oxygen atoms in total. The summed E-state index contributed by atoms with van der Waals surface area (Å²) in [5, 5.41) is 11.5. The Kier molecular flexibility index (Phi) is 11.9. The van der Waals surface area contributed by atoms with Crippen molar-refractivity contribution in [2.75, 3.05) is 20.3 Å². The smallest absolute Gasteiger partial charge is 0.186 e. The first-order chi connectivity index (χ1) is 19.8. The highest BCUT2D eigenvalue weighted by atomic mass is 28.3. The number of methoxy groups -OCH3 is 1. The fourth-order valence-corrected chi connectivity index (χ4v) is 5.29. The van der Waals surface area contributed by atoms with Crippen LogP contribution in [0, 0.1) is 0 Å². The summed E-state index contributed by atoms with van der Waals surface area (Å²) in [6.45, 7) is 8.71. The zero-order valence-corrected chi connectivity index (χ0v) is 25.6. The maximum Gasteiger partial charge on any atom is 0.186 e. The molecule has 0 spiro atoms. The van der Waals surface area contributed by atoms with Crippen molar-refractivity contribution >= 4 is 8.07 Å². The second-order valence-corrected chi connectivity index (χ2v) is 17.2. The van der Waals surface area contributed by atoms with E-state index in [2.05, 4.69) is 19.6 Å². The second kappa shape index (κ2) is 15.6. The van der Waals surface area contributed by atoms with E-state index in [9.17, 15) is 5.11 Å². The van der Waals surface area contributed by atoms with Crippen LogP contribution in [-0.2, 0) is 43.5 Å².